The van der Waals surface area contributed by atoms with E-state index in [0.29, 0.717) is 11.2 Å². The first kappa shape index (κ1) is 131. The molecule has 0 amide bonds. The standard InChI is InChI=1S/C16H26O.C11H10.6C7H8.C6H8S.C5H6S.C5H12.C3H8.C2H6O.C2H4O.4C2H6.CH3NO2.4CH4/c1-8-11-9-12(15(2,3)4)14(17)13(10-11)16(5,6)7;1-9-6-7-10-4-2-3-5-11(10)8-9;6*1-7-5-3-2-4-6-7;1-5-3-4-6(2)7-5;1-5-3-2-4-6-5;1-5(2,3)4;2*1-3-2;1-2-3;4*1-2;1-2(3)4;;;;/h9-10,17H,8H2,1-7H3;2-8H,1H3;6*2-6H,1H3;3-4H,1-2H3;2-4H,1H3;1-4H3;3H2,1-2H3;1-2H3;2H,1H3;4*1-2H3;1H3;4*1H4. The zero-order valence-corrected chi connectivity index (χ0v) is 76.9. The molecule has 11 rings (SSSR count). The van der Waals surface area contributed by atoms with Crippen LogP contribution in [0.3, 0.4) is 0 Å². The number of hydrogen-bond acceptors (Lipinski definition) is 7. The average Bonchev–Trinajstić information content (AvgIpc) is 1.00. The Morgan fingerprint density at radius 2 is 0.602 bits per heavy atom. The first-order chi connectivity index (χ1) is 51.4. The molecule has 0 saturated carbocycles. The maximum absolute atomic E-state index is 10.5. The number of phenolic OH excluding ortho intramolecular Hbond substituents is 1. The monoisotopic (exact) mass is 1590 g/mol. The van der Waals surface area contributed by atoms with Crippen molar-refractivity contribution in [2.24, 2.45) is 5.41 Å². The lowest BCUT2D eigenvalue weighted by Gasteiger charge is -2.28. The maximum Gasteiger partial charge on any atom is 0.194 e. The van der Waals surface area contributed by atoms with Crippen molar-refractivity contribution >= 4 is 39.7 Å². The molecule has 11 aromatic rings. The number of nitrogens with zero attached hydrogens (tertiary/aromatic N) is 1. The third-order valence-electron chi connectivity index (χ3n) is 12.3. The Hall–Kier alpha value is -8.53. The molecule has 0 bridgehead atoms. The van der Waals surface area contributed by atoms with Gasteiger partial charge in [0.25, 0.3) is 0 Å². The molecule has 2 heterocycles. The van der Waals surface area contributed by atoms with E-state index in [4.69, 9.17) is 14.9 Å². The number of carbonyl (C=O) groups is 1. The summed E-state index contributed by atoms with van der Waals surface area (Å²) in [5, 5.41) is 24.0. The van der Waals surface area contributed by atoms with Crippen molar-refractivity contribution in [1.82, 2.24) is 0 Å². The van der Waals surface area contributed by atoms with Gasteiger partial charge in [-0.3, -0.25) is 10.1 Å². The lowest BCUT2D eigenvalue weighted by molar-refractivity contribution is -0.445. The highest BCUT2D eigenvalue weighted by Crippen LogP contribution is 2.40. The average molecular weight is 1590 g/mol. The Morgan fingerprint density at radius 3 is 0.752 bits per heavy atom. The third kappa shape index (κ3) is 95.8. The number of carbonyl (C=O) groups excluding carboxylic acids is 1. The van der Waals surface area contributed by atoms with Gasteiger partial charge in [-0.2, -0.15) is 0 Å². The second kappa shape index (κ2) is 89.0. The van der Waals surface area contributed by atoms with Crippen molar-refractivity contribution in [1.29, 1.82) is 0 Å². The Balaban J connectivity index is -0.0000000978. The lowest BCUT2D eigenvalue weighted by Crippen LogP contribution is -2.17. The summed E-state index contributed by atoms with van der Waals surface area (Å²) in [5.41, 5.74) is 13.1. The van der Waals surface area contributed by atoms with Crippen LogP contribution >= 0.6 is 22.7 Å². The molecule has 0 aliphatic rings. The molecule has 0 saturated heterocycles. The zero-order chi connectivity index (χ0) is 85.7. The number of rotatable bonds is 1. The van der Waals surface area contributed by atoms with Gasteiger partial charge in [-0.05, 0) is 150 Å². The highest BCUT2D eigenvalue weighted by Gasteiger charge is 2.26. The summed E-state index contributed by atoms with van der Waals surface area (Å²) in [6.45, 7) is 66.4. The van der Waals surface area contributed by atoms with Crippen LogP contribution < -0.4 is 0 Å². The van der Waals surface area contributed by atoms with Gasteiger partial charge in [-0.1, -0.05) is 463 Å². The molecule has 638 valence electrons. The smallest absolute Gasteiger partial charge is 0.194 e. The Kier molecular flexibility index (Phi) is 103. The van der Waals surface area contributed by atoms with Crippen LogP contribution in [0, 0.1) is 84.8 Å². The van der Waals surface area contributed by atoms with Crippen LogP contribution in [0.2, 0.25) is 0 Å². The minimum Gasteiger partial charge on any atom is -0.507 e. The van der Waals surface area contributed by atoms with Crippen LogP contribution in [0.4, 0.5) is 0 Å². The van der Waals surface area contributed by atoms with E-state index in [9.17, 15) is 5.11 Å². The van der Waals surface area contributed by atoms with E-state index in [1.807, 2.05) is 176 Å². The minimum absolute atomic E-state index is 0. The zero-order valence-electron chi connectivity index (χ0n) is 75.2. The number of fused-ring (bicyclic) bond motifs is 1. The van der Waals surface area contributed by atoms with Gasteiger partial charge in [-0.15, -0.1) is 22.7 Å². The Labute approximate surface area is 708 Å². The van der Waals surface area contributed by atoms with Crippen molar-refractivity contribution in [3.05, 3.63) is 347 Å². The third-order valence-corrected chi connectivity index (χ3v) is 14.0. The van der Waals surface area contributed by atoms with Crippen molar-refractivity contribution in [2.45, 2.75) is 275 Å². The second-order valence-electron chi connectivity index (χ2n) is 27.3. The molecule has 0 aliphatic carbocycles. The predicted octanol–water partition coefficient (Wildman–Crippen LogP) is 34.6. The van der Waals surface area contributed by atoms with Crippen LogP contribution in [0.1, 0.15) is 259 Å². The first-order valence-corrected chi connectivity index (χ1v) is 40.5. The van der Waals surface area contributed by atoms with Crippen LogP contribution in [0.15, 0.2) is 266 Å². The van der Waals surface area contributed by atoms with Gasteiger partial charge in [0.2, 0.25) is 0 Å². The summed E-state index contributed by atoms with van der Waals surface area (Å²) < 4.78 is 4.25. The fourth-order valence-corrected chi connectivity index (χ4v) is 8.78. The molecule has 0 atom stereocenters. The van der Waals surface area contributed by atoms with E-state index in [2.05, 4.69) is 321 Å². The molecule has 0 unspecified atom stereocenters. The number of hydrogen-bond donors (Lipinski definition) is 1. The van der Waals surface area contributed by atoms with Gasteiger partial charge in [0.15, 0.2) is 7.05 Å². The predicted molar refractivity (Wildman–Crippen MR) is 524 cm³/mol. The van der Waals surface area contributed by atoms with Gasteiger partial charge in [0.1, 0.15) is 12.0 Å². The highest BCUT2D eigenvalue weighted by atomic mass is 32.1. The Morgan fingerprint density at radius 1 is 0.381 bits per heavy atom. The molecular weight excluding hydrogens is 1420 g/mol. The quantitative estimate of drug-likeness (QED) is 0.100. The van der Waals surface area contributed by atoms with Crippen LogP contribution in [0.25, 0.3) is 10.8 Å². The highest BCUT2D eigenvalue weighted by molar-refractivity contribution is 7.11. The van der Waals surface area contributed by atoms with E-state index < -0.39 is 4.92 Å². The molecule has 2 aromatic heterocycles. The fraction of sp³-hybridized carbons (Fsp3) is 0.419. The van der Waals surface area contributed by atoms with E-state index in [-0.39, 0.29) is 40.5 Å². The van der Waals surface area contributed by atoms with E-state index >= 15 is 0 Å². The summed E-state index contributed by atoms with van der Waals surface area (Å²) in [6, 6.07) is 89.2. The van der Waals surface area contributed by atoms with Crippen molar-refractivity contribution in [3.8, 4) is 5.75 Å². The molecule has 0 aliphatic heterocycles. The molecule has 9 aromatic carbocycles. The molecule has 6 nitrogen and oxygen atoms in total. The summed E-state index contributed by atoms with van der Waals surface area (Å²) in [6.07, 6.45) is 3.01. The maximum atomic E-state index is 10.5. The second-order valence-corrected chi connectivity index (χ2v) is 30.0. The number of aromatic hydroxyl groups is 1. The number of aryl methyl sites for hydroxylation is 11. The number of methoxy groups -OCH3 is 1. The fourth-order valence-electron chi connectivity index (χ4n) is 7.47. The van der Waals surface area contributed by atoms with Gasteiger partial charge in [-0.25, -0.2) is 0 Å². The van der Waals surface area contributed by atoms with Gasteiger partial charge >= 0.3 is 0 Å². The summed E-state index contributed by atoms with van der Waals surface area (Å²) in [4.78, 5) is 21.3. The van der Waals surface area contributed by atoms with Crippen LogP contribution in [-0.4, -0.2) is 37.6 Å². The molecule has 8 heteroatoms. The molecule has 0 spiro atoms. The number of ether oxygens (including phenoxy) is 1. The topological polar surface area (TPSA) is 89.7 Å². The molecule has 113 heavy (non-hydrogen) atoms. The van der Waals surface area contributed by atoms with Gasteiger partial charge < -0.3 is 14.6 Å². The van der Waals surface area contributed by atoms with Crippen molar-refractivity contribution in [2.75, 3.05) is 21.3 Å². The van der Waals surface area contributed by atoms with Gasteiger partial charge in [0, 0.05) is 33.8 Å². The number of phenols is 1. The lowest BCUT2D eigenvalue weighted by atomic mass is 9.78. The van der Waals surface area contributed by atoms with Crippen molar-refractivity contribution < 1.29 is 19.6 Å². The first-order valence-electron chi connectivity index (χ1n) is 38.8. The largest absolute Gasteiger partial charge is 0.507 e. The number of aldehydes is 1. The molecule has 1 N–H and O–H groups in total. The number of benzene rings is 9. The normalized spacial score (nSPS) is 8.63. The SMILES string of the molecule is C.C.C.C.CC.CC.CC.CC.CC(C)(C)C.CC=O.CCC.CCc1cc(C(C)(C)C)c(O)c(C(C)(C)C)c1.COC.C[N+](=O)[O-].Cc1ccc(C)s1.Cc1ccc2ccccc2c1.Cc1ccccc1.Cc1ccccc1.Cc1ccccc1.Cc1ccccc1.Cc1ccccc1.Cc1ccccc1.Cc1cccs1. The van der Waals surface area contributed by atoms with Crippen LogP contribution in [-0.2, 0) is 26.8 Å². The van der Waals surface area contributed by atoms with E-state index in [0.717, 1.165) is 30.9 Å². The van der Waals surface area contributed by atoms with Gasteiger partial charge in [0.05, 0.1) is 0 Å². The van der Waals surface area contributed by atoms with E-state index in [1.165, 1.54) is 83.3 Å². The summed E-state index contributed by atoms with van der Waals surface area (Å²) >= 11 is 3.62. The summed E-state index contributed by atoms with van der Waals surface area (Å²) in [5.74, 6) is 0.474. The molecule has 0 radical (unpaired) electrons. The minimum atomic E-state index is -0.500. The molecule has 0 fully saturated rings. The molecular formula is C105H171NO5S2. The number of nitro groups is 1. The van der Waals surface area contributed by atoms with E-state index in [1.54, 1.807) is 25.6 Å². The summed E-state index contributed by atoms with van der Waals surface area (Å²) in [7, 11) is 4.14. The van der Waals surface area contributed by atoms with Crippen LogP contribution in [0.5, 0.6) is 5.75 Å². The Bertz CT molecular complexity index is 3270. The van der Waals surface area contributed by atoms with Crippen molar-refractivity contribution in [3.63, 3.8) is 0 Å². The number of thiophene rings is 2.